The minimum absolute atomic E-state index is 0.0154. The summed E-state index contributed by atoms with van der Waals surface area (Å²) in [6.07, 6.45) is 6.75. The summed E-state index contributed by atoms with van der Waals surface area (Å²) < 4.78 is 0. The quantitative estimate of drug-likeness (QED) is 0.528. The summed E-state index contributed by atoms with van der Waals surface area (Å²) in [6.45, 7) is 6.24. The maximum Gasteiger partial charge on any atom is 0.226 e. The molecule has 4 nitrogen and oxygen atoms in total. The van der Waals surface area contributed by atoms with Gasteiger partial charge in [0, 0.05) is 18.6 Å². The number of unbranched alkanes of at least 4 members (excludes halogenated alkanes) is 1. The van der Waals surface area contributed by atoms with Crippen LogP contribution in [0, 0.1) is 5.92 Å². The Morgan fingerprint density at radius 3 is 2.72 bits per heavy atom. The van der Waals surface area contributed by atoms with E-state index in [4.69, 9.17) is 5.73 Å². The summed E-state index contributed by atoms with van der Waals surface area (Å²) >= 11 is 0. The van der Waals surface area contributed by atoms with Crippen molar-refractivity contribution in [2.75, 3.05) is 20.1 Å². The molecule has 0 saturated carbocycles. The van der Waals surface area contributed by atoms with Crippen LogP contribution in [0.25, 0.3) is 0 Å². The van der Waals surface area contributed by atoms with Crippen molar-refractivity contribution in [3.8, 4) is 0 Å². The van der Waals surface area contributed by atoms with Crippen molar-refractivity contribution in [3.05, 3.63) is 12.2 Å². The first-order valence-corrected chi connectivity index (χ1v) is 6.92. The highest BCUT2D eigenvalue weighted by Gasteiger charge is 2.21. The molecule has 1 rings (SSSR count). The average Bonchev–Trinajstić information content (AvgIpc) is 2.74. The van der Waals surface area contributed by atoms with Crippen LogP contribution in [0.2, 0.25) is 0 Å². The third-order valence-corrected chi connectivity index (χ3v) is 3.57. The van der Waals surface area contributed by atoms with Crippen molar-refractivity contribution in [1.29, 1.82) is 0 Å². The summed E-state index contributed by atoms with van der Waals surface area (Å²) in [4.78, 5) is 14.1. The van der Waals surface area contributed by atoms with Gasteiger partial charge in [-0.1, -0.05) is 12.2 Å². The second-order valence-electron chi connectivity index (χ2n) is 5.46. The lowest BCUT2D eigenvalue weighted by Crippen LogP contribution is -2.32. The van der Waals surface area contributed by atoms with Gasteiger partial charge in [-0.05, 0) is 46.7 Å². The number of nitrogens with zero attached hydrogens (tertiary/aromatic N) is 1. The number of amides is 1. The van der Waals surface area contributed by atoms with Gasteiger partial charge in [-0.15, -0.1) is 0 Å². The van der Waals surface area contributed by atoms with Gasteiger partial charge in [-0.3, -0.25) is 4.79 Å². The average molecular weight is 253 g/mol. The summed E-state index contributed by atoms with van der Waals surface area (Å²) in [5.74, 6) is 0.106. The van der Waals surface area contributed by atoms with Crippen LogP contribution in [-0.2, 0) is 4.79 Å². The van der Waals surface area contributed by atoms with Crippen LogP contribution in [-0.4, -0.2) is 43.0 Å². The van der Waals surface area contributed by atoms with E-state index < -0.39 is 0 Å². The lowest BCUT2D eigenvalue weighted by Gasteiger charge is -2.20. The van der Waals surface area contributed by atoms with Gasteiger partial charge in [0.25, 0.3) is 0 Å². The Hall–Kier alpha value is -0.870. The lowest BCUT2D eigenvalue weighted by molar-refractivity contribution is -0.123. The summed E-state index contributed by atoms with van der Waals surface area (Å²) in [5.41, 5.74) is 5.73. The Morgan fingerprint density at radius 2 is 2.17 bits per heavy atom. The summed E-state index contributed by atoms with van der Waals surface area (Å²) in [5, 5.41) is 2.98. The Kier molecular flexibility index (Phi) is 6.36. The van der Waals surface area contributed by atoms with E-state index in [9.17, 15) is 4.79 Å². The van der Waals surface area contributed by atoms with Crippen LogP contribution >= 0.6 is 0 Å². The molecule has 1 amide bonds. The normalized spacial score (nSPS) is 23.0. The van der Waals surface area contributed by atoms with Gasteiger partial charge in [-0.2, -0.15) is 0 Å². The van der Waals surface area contributed by atoms with Crippen molar-refractivity contribution in [1.82, 2.24) is 10.2 Å². The molecule has 0 saturated heterocycles. The lowest BCUT2D eigenvalue weighted by atomic mass is 10.1. The Labute approximate surface area is 111 Å². The molecule has 2 atom stereocenters. The third kappa shape index (κ3) is 5.19. The topological polar surface area (TPSA) is 58.4 Å². The first kappa shape index (κ1) is 15.2. The monoisotopic (exact) mass is 253 g/mol. The van der Waals surface area contributed by atoms with Crippen molar-refractivity contribution in [2.24, 2.45) is 11.7 Å². The molecule has 0 fully saturated rings. The fourth-order valence-electron chi connectivity index (χ4n) is 2.01. The molecule has 18 heavy (non-hydrogen) atoms. The molecule has 4 heteroatoms. The van der Waals surface area contributed by atoms with Gasteiger partial charge in [0.05, 0.1) is 5.92 Å². The molecule has 0 radical (unpaired) electrons. The Morgan fingerprint density at radius 1 is 1.44 bits per heavy atom. The van der Waals surface area contributed by atoms with E-state index in [1.165, 1.54) is 0 Å². The molecule has 104 valence electrons. The minimum atomic E-state index is -0.0154. The molecule has 0 bridgehead atoms. The molecular weight excluding hydrogens is 226 g/mol. The molecule has 0 heterocycles. The maximum absolute atomic E-state index is 11.8. The van der Waals surface area contributed by atoms with Crippen LogP contribution in [0.1, 0.15) is 33.1 Å². The van der Waals surface area contributed by atoms with Crippen molar-refractivity contribution >= 4 is 5.91 Å². The minimum Gasteiger partial charge on any atom is -0.356 e. The zero-order valence-electron chi connectivity index (χ0n) is 11.9. The van der Waals surface area contributed by atoms with E-state index in [0.29, 0.717) is 6.04 Å². The fourth-order valence-corrected chi connectivity index (χ4v) is 2.01. The molecule has 0 aliphatic heterocycles. The first-order valence-electron chi connectivity index (χ1n) is 6.92. The van der Waals surface area contributed by atoms with Gasteiger partial charge in [0.1, 0.15) is 0 Å². The number of rotatable bonds is 7. The van der Waals surface area contributed by atoms with E-state index >= 15 is 0 Å². The highest BCUT2D eigenvalue weighted by atomic mass is 16.1. The molecule has 0 spiro atoms. The Bertz CT molecular complexity index is 289. The van der Waals surface area contributed by atoms with Gasteiger partial charge < -0.3 is 16.0 Å². The predicted molar refractivity (Wildman–Crippen MR) is 75.2 cm³/mol. The van der Waals surface area contributed by atoms with E-state index in [-0.39, 0.29) is 17.9 Å². The standard InChI is InChI=1S/C14H27N3O/c1-11(2)17(3)9-5-4-8-16-14(18)12-6-7-13(15)10-12/h6-7,11-13H,4-5,8-10,15H2,1-3H3,(H,16,18). The highest BCUT2D eigenvalue weighted by Crippen LogP contribution is 2.16. The van der Waals surface area contributed by atoms with Crippen LogP contribution in [0.4, 0.5) is 0 Å². The molecule has 1 aliphatic carbocycles. The van der Waals surface area contributed by atoms with Gasteiger partial charge in [0.15, 0.2) is 0 Å². The molecule has 2 unspecified atom stereocenters. The molecule has 0 aromatic rings. The van der Waals surface area contributed by atoms with Gasteiger partial charge in [0.2, 0.25) is 5.91 Å². The number of hydrogen-bond acceptors (Lipinski definition) is 3. The van der Waals surface area contributed by atoms with Gasteiger partial charge in [-0.25, -0.2) is 0 Å². The molecule has 1 aliphatic rings. The van der Waals surface area contributed by atoms with Gasteiger partial charge >= 0.3 is 0 Å². The van der Waals surface area contributed by atoms with Crippen molar-refractivity contribution in [2.45, 2.75) is 45.2 Å². The van der Waals surface area contributed by atoms with Crippen LogP contribution in [0.15, 0.2) is 12.2 Å². The number of carbonyl (C=O) groups excluding carboxylic acids is 1. The number of hydrogen-bond donors (Lipinski definition) is 2. The molecule has 0 aromatic carbocycles. The molecule has 0 aromatic heterocycles. The molecular formula is C14H27N3O. The Balaban J connectivity index is 2.04. The largest absolute Gasteiger partial charge is 0.356 e. The number of carbonyl (C=O) groups is 1. The SMILES string of the molecule is CC(C)N(C)CCCCNC(=O)C1C=CC(N)C1. The molecule has 3 N–H and O–H groups in total. The van der Waals surface area contributed by atoms with E-state index in [2.05, 4.69) is 31.1 Å². The van der Waals surface area contributed by atoms with E-state index in [1.54, 1.807) is 0 Å². The smallest absolute Gasteiger partial charge is 0.226 e. The number of nitrogens with two attached hydrogens (primary N) is 1. The number of nitrogens with one attached hydrogen (secondary N) is 1. The maximum atomic E-state index is 11.8. The second-order valence-corrected chi connectivity index (χ2v) is 5.46. The fraction of sp³-hybridized carbons (Fsp3) is 0.786. The van der Waals surface area contributed by atoms with E-state index in [0.717, 1.165) is 32.4 Å². The second kappa shape index (κ2) is 7.54. The predicted octanol–water partition coefficient (Wildman–Crippen LogP) is 1.13. The first-order chi connectivity index (χ1) is 8.50. The highest BCUT2D eigenvalue weighted by molar-refractivity contribution is 5.81. The summed E-state index contributed by atoms with van der Waals surface area (Å²) in [6, 6.07) is 0.644. The van der Waals surface area contributed by atoms with Crippen molar-refractivity contribution in [3.63, 3.8) is 0 Å². The van der Waals surface area contributed by atoms with Crippen LogP contribution < -0.4 is 11.1 Å². The zero-order chi connectivity index (χ0) is 13.5. The third-order valence-electron chi connectivity index (χ3n) is 3.57. The van der Waals surface area contributed by atoms with Crippen LogP contribution in [0.3, 0.4) is 0 Å². The van der Waals surface area contributed by atoms with Crippen molar-refractivity contribution < 1.29 is 4.79 Å². The van der Waals surface area contributed by atoms with Crippen LogP contribution in [0.5, 0.6) is 0 Å². The summed E-state index contributed by atoms with van der Waals surface area (Å²) in [7, 11) is 2.13. The van der Waals surface area contributed by atoms with E-state index in [1.807, 2.05) is 12.2 Å². The zero-order valence-corrected chi connectivity index (χ0v) is 11.9.